The van der Waals surface area contributed by atoms with E-state index in [1.54, 1.807) is 12.1 Å². The number of nitrogen functional groups attached to an aromatic ring is 2. The Morgan fingerprint density at radius 1 is 1.10 bits per heavy atom. The maximum absolute atomic E-state index is 11.9. The van der Waals surface area contributed by atoms with Crippen LogP contribution in [0.5, 0.6) is 0 Å². The number of esters is 1. The topological polar surface area (TPSA) is 78.3 Å². The Balaban J connectivity index is 1.88. The molecule has 21 heavy (non-hydrogen) atoms. The van der Waals surface area contributed by atoms with Crippen molar-refractivity contribution in [1.29, 1.82) is 0 Å². The van der Waals surface area contributed by atoms with Gasteiger partial charge in [-0.3, -0.25) is 0 Å². The summed E-state index contributed by atoms with van der Waals surface area (Å²) in [5, 5.41) is 0. The number of benzene rings is 2. The molecule has 0 saturated carbocycles. The highest BCUT2D eigenvalue weighted by Gasteiger charge is 2.10. The van der Waals surface area contributed by atoms with Crippen LogP contribution in [-0.4, -0.2) is 12.6 Å². The average Bonchev–Trinajstić information content (AvgIpc) is 2.49. The third-order valence-electron chi connectivity index (χ3n) is 3.14. The van der Waals surface area contributed by atoms with Crippen molar-refractivity contribution in [1.82, 2.24) is 0 Å². The highest BCUT2D eigenvalue weighted by atomic mass is 16.5. The zero-order valence-electron chi connectivity index (χ0n) is 11.7. The molecule has 0 aliphatic rings. The Morgan fingerprint density at radius 3 is 2.48 bits per heavy atom. The van der Waals surface area contributed by atoms with Gasteiger partial charge in [-0.2, -0.15) is 0 Å². The predicted octanol–water partition coefficient (Wildman–Crippen LogP) is 2.65. The van der Waals surface area contributed by atoms with Gasteiger partial charge in [-0.25, -0.2) is 4.79 Å². The van der Waals surface area contributed by atoms with Crippen LogP contribution in [0.4, 0.5) is 11.4 Å². The Morgan fingerprint density at radius 2 is 1.81 bits per heavy atom. The molecule has 0 spiro atoms. The molecular weight excluding hydrogens is 264 g/mol. The third kappa shape index (κ3) is 3.86. The number of carbonyl (C=O) groups excluding carboxylic acids is 1. The summed E-state index contributed by atoms with van der Waals surface area (Å²) in [6.45, 7) is 4.01. The van der Waals surface area contributed by atoms with E-state index >= 15 is 0 Å². The maximum Gasteiger partial charge on any atom is 0.338 e. The van der Waals surface area contributed by atoms with Crippen LogP contribution in [0.15, 0.2) is 55.1 Å². The fourth-order valence-electron chi connectivity index (χ4n) is 1.94. The van der Waals surface area contributed by atoms with Crippen molar-refractivity contribution in [2.24, 2.45) is 0 Å². The van der Waals surface area contributed by atoms with E-state index in [-0.39, 0.29) is 6.61 Å². The number of hydrogen-bond acceptors (Lipinski definition) is 4. The van der Waals surface area contributed by atoms with Gasteiger partial charge in [0.2, 0.25) is 0 Å². The van der Waals surface area contributed by atoms with Crippen LogP contribution in [0.1, 0.15) is 11.1 Å². The molecule has 0 aliphatic heterocycles. The molecule has 0 amide bonds. The van der Waals surface area contributed by atoms with Gasteiger partial charge >= 0.3 is 5.97 Å². The first-order valence-electron chi connectivity index (χ1n) is 6.63. The van der Waals surface area contributed by atoms with Gasteiger partial charge in [-0.05, 0) is 23.3 Å². The van der Waals surface area contributed by atoms with E-state index in [1.807, 2.05) is 36.4 Å². The normalized spacial score (nSPS) is 10.1. The smallest absolute Gasteiger partial charge is 0.338 e. The van der Waals surface area contributed by atoms with Crippen molar-refractivity contribution in [2.45, 2.75) is 6.42 Å². The van der Waals surface area contributed by atoms with Crippen LogP contribution >= 0.6 is 0 Å². The highest BCUT2D eigenvalue weighted by Crippen LogP contribution is 2.17. The van der Waals surface area contributed by atoms with Crippen LogP contribution in [-0.2, 0) is 16.0 Å². The first-order valence-corrected chi connectivity index (χ1v) is 6.63. The summed E-state index contributed by atoms with van der Waals surface area (Å²) in [5.41, 5.74) is 14.7. The van der Waals surface area contributed by atoms with Gasteiger partial charge in [-0.1, -0.05) is 43.0 Å². The van der Waals surface area contributed by atoms with Gasteiger partial charge in [0.1, 0.15) is 0 Å². The lowest BCUT2D eigenvalue weighted by Gasteiger charge is -2.09. The Hall–Kier alpha value is -2.75. The molecule has 0 unspecified atom stereocenters. The Kier molecular flexibility index (Phi) is 4.61. The van der Waals surface area contributed by atoms with Crippen LogP contribution in [0.3, 0.4) is 0 Å². The molecule has 4 nitrogen and oxygen atoms in total. The lowest BCUT2D eigenvalue weighted by atomic mass is 10.1. The first-order chi connectivity index (χ1) is 10.1. The molecule has 0 atom stereocenters. The van der Waals surface area contributed by atoms with Gasteiger partial charge < -0.3 is 16.2 Å². The number of carbonyl (C=O) groups is 1. The van der Waals surface area contributed by atoms with Gasteiger partial charge in [0.15, 0.2) is 0 Å². The van der Waals surface area contributed by atoms with Gasteiger partial charge in [0.05, 0.1) is 12.2 Å². The second-order valence-corrected chi connectivity index (χ2v) is 4.69. The third-order valence-corrected chi connectivity index (χ3v) is 3.14. The Labute approximate surface area is 124 Å². The lowest BCUT2D eigenvalue weighted by Crippen LogP contribution is -2.10. The van der Waals surface area contributed by atoms with Gasteiger partial charge in [0.25, 0.3) is 0 Å². The van der Waals surface area contributed by atoms with Crippen molar-refractivity contribution in [3.8, 4) is 0 Å². The van der Waals surface area contributed by atoms with E-state index in [9.17, 15) is 4.79 Å². The molecule has 108 valence electrons. The summed E-state index contributed by atoms with van der Waals surface area (Å²) in [7, 11) is 0. The average molecular weight is 282 g/mol. The number of rotatable bonds is 5. The second kappa shape index (κ2) is 6.61. The molecule has 0 heterocycles. The minimum atomic E-state index is -0.421. The summed E-state index contributed by atoms with van der Waals surface area (Å²) in [5.74, 6) is -0.421. The number of nitrogens with two attached hydrogens (primary N) is 2. The second-order valence-electron chi connectivity index (χ2n) is 4.69. The molecule has 0 fully saturated rings. The summed E-state index contributed by atoms with van der Waals surface area (Å²) in [6, 6.07) is 14.5. The van der Waals surface area contributed by atoms with Crippen molar-refractivity contribution in [3.05, 3.63) is 66.2 Å². The number of hydrogen-bond donors (Lipinski definition) is 2. The standard InChI is InChI=1S/C17H18N2O2/c1-12(13-5-3-2-4-6-13)17(20)21-10-9-14-7-8-15(18)11-16(14)19/h2-8,11H,1,9-10,18-19H2. The molecule has 2 rings (SSSR count). The van der Waals surface area contributed by atoms with E-state index in [1.165, 1.54) is 0 Å². The molecule has 0 radical (unpaired) electrons. The van der Waals surface area contributed by atoms with Crippen molar-refractivity contribution >= 4 is 22.9 Å². The van der Waals surface area contributed by atoms with E-state index in [0.717, 1.165) is 11.1 Å². The zero-order valence-corrected chi connectivity index (χ0v) is 11.7. The molecule has 4 N–H and O–H groups in total. The fraction of sp³-hybridized carbons (Fsp3) is 0.118. The molecule has 0 bridgehead atoms. The monoisotopic (exact) mass is 282 g/mol. The number of ether oxygens (including phenoxy) is 1. The fourth-order valence-corrected chi connectivity index (χ4v) is 1.94. The summed E-state index contributed by atoms with van der Waals surface area (Å²) < 4.78 is 5.22. The summed E-state index contributed by atoms with van der Waals surface area (Å²) in [4.78, 5) is 11.9. The number of anilines is 2. The lowest BCUT2D eigenvalue weighted by molar-refractivity contribution is -0.136. The van der Waals surface area contributed by atoms with Crippen LogP contribution in [0.25, 0.3) is 5.57 Å². The van der Waals surface area contributed by atoms with Crippen molar-refractivity contribution in [2.75, 3.05) is 18.1 Å². The summed E-state index contributed by atoms with van der Waals surface area (Å²) in [6.07, 6.45) is 0.542. The molecule has 2 aromatic rings. The predicted molar refractivity (Wildman–Crippen MR) is 85.4 cm³/mol. The molecule has 0 aliphatic carbocycles. The molecule has 0 saturated heterocycles. The van der Waals surface area contributed by atoms with E-state index in [4.69, 9.17) is 16.2 Å². The van der Waals surface area contributed by atoms with Gasteiger partial charge in [0, 0.05) is 17.8 Å². The van der Waals surface area contributed by atoms with Crippen LogP contribution < -0.4 is 11.5 Å². The molecule has 2 aromatic carbocycles. The molecular formula is C17H18N2O2. The quantitative estimate of drug-likeness (QED) is 0.502. The SMILES string of the molecule is C=C(C(=O)OCCc1ccc(N)cc1N)c1ccccc1. The van der Waals surface area contributed by atoms with Crippen LogP contribution in [0.2, 0.25) is 0 Å². The minimum Gasteiger partial charge on any atom is -0.462 e. The first kappa shape index (κ1) is 14.7. The van der Waals surface area contributed by atoms with Crippen LogP contribution in [0, 0.1) is 0 Å². The maximum atomic E-state index is 11.9. The minimum absolute atomic E-state index is 0.249. The largest absolute Gasteiger partial charge is 0.462 e. The zero-order chi connectivity index (χ0) is 15.2. The Bertz CT molecular complexity index is 651. The highest BCUT2D eigenvalue weighted by molar-refractivity contribution is 6.15. The van der Waals surface area contributed by atoms with Crippen molar-refractivity contribution in [3.63, 3.8) is 0 Å². The van der Waals surface area contributed by atoms with E-state index < -0.39 is 5.97 Å². The van der Waals surface area contributed by atoms with Crippen molar-refractivity contribution < 1.29 is 9.53 Å². The van der Waals surface area contributed by atoms with E-state index in [2.05, 4.69) is 6.58 Å². The van der Waals surface area contributed by atoms with Gasteiger partial charge in [-0.15, -0.1) is 0 Å². The summed E-state index contributed by atoms with van der Waals surface area (Å²) >= 11 is 0. The molecule has 4 heteroatoms. The van der Waals surface area contributed by atoms with E-state index in [0.29, 0.717) is 23.4 Å². The molecule has 0 aromatic heterocycles.